The molecule has 0 rings (SSSR count). The molecule has 0 aromatic carbocycles. The third kappa shape index (κ3) is 67.2. The largest absolute Gasteiger partial charge is 0.466 e. The Bertz CT molecular complexity index is 1330. The monoisotopic (exact) mass is 1150 g/mol. The minimum absolute atomic E-state index is 0.0123. The number of hydrogen-bond donors (Lipinski definition) is 3. The molecule has 0 spiro atoms. The van der Waals surface area contributed by atoms with Crippen molar-refractivity contribution < 1.29 is 24.5 Å². The summed E-state index contributed by atoms with van der Waals surface area (Å²) in [6.07, 6.45) is 92.1. The fraction of sp³-hybridized carbons (Fsp3) is 0.895. The second-order valence-corrected chi connectivity index (χ2v) is 25.6. The van der Waals surface area contributed by atoms with Gasteiger partial charge in [-0.1, -0.05) is 352 Å². The minimum atomic E-state index is -0.666. The molecule has 0 fully saturated rings. The molecule has 0 heterocycles. The van der Waals surface area contributed by atoms with Gasteiger partial charge in [-0.2, -0.15) is 0 Å². The zero-order valence-electron chi connectivity index (χ0n) is 55.5. The van der Waals surface area contributed by atoms with Crippen LogP contribution in [0.2, 0.25) is 0 Å². The molecule has 0 aliphatic rings. The number of aliphatic hydroxyl groups excluding tert-OH is 2. The van der Waals surface area contributed by atoms with Gasteiger partial charge in [0.1, 0.15) is 0 Å². The average molecular weight is 1150 g/mol. The molecule has 0 aromatic rings. The highest BCUT2D eigenvalue weighted by atomic mass is 16.5. The van der Waals surface area contributed by atoms with Crippen molar-refractivity contribution in [1.82, 2.24) is 5.32 Å². The van der Waals surface area contributed by atoms with Gasteiger partial charge in [0.05, 0.1) is 25.4 Å². The van der Waals surface area contributed by atoms with Crippen molar-refractivity contribution in [2.75, 3.05) is 13.2 Å². The Hall–Kier alpha value is -1.92. The Balaban J connectivity index is 3.39. The molecule has 6 heteroatoms. The lowest BCUT2D eigenvalue weighted by Gasteiger charge is -2.22. The van der Waals surface area contributed by atoms with E-state index in [1.807, 2.05) is 0 Å². The van der Waals surface area contributed by atoms with Crippen LogP contribution in [0, 0.1) is 0 Å². The number of ether oxygens (including phenoxy) is 1. The molecule has 0 aliphatic carbocycles. The van der Waals surface area contributed by atoms with E-state index in [-0.39, 0.29) is 18.5 Å². The highest BCUT2D eigenvalue weighted by Gasteiger charge is 2.20. The van der Waals surface area contributed by atoms with Gasteiger partial charge in [0.2, 0.25) is 5.91 Å². The van der Waals surface area contributed by atoms with E-state index in [9.17, 15) is 19.8 Å². The van der Waals surface area contributed by atoms with Crippen molar-refractivity contribution in [2.45, 2.75) is 424 Å². The van der Waals surface area contributed by atoms with E-state index < -0.39 is 12.1 Å². The summed E-state index contributed by atoms with van der Waals surface area (Å²) in [6.45, 7) is 4.98. The number of rotatable bonds is 70. The Morgan fingerprint density at radius 1 is 0.341 bits per heavy atom. The molecule has 0 saturated heterocycles. The van der Waals surface area contributed by atoms with Gasteiger partial charge in [-0.05, 0) is 83.5 Å². The van der Waals surface area contributed by atoms with Gasteiger partial charge in [-0.25, -0.2) is 0 Å². The van der Waals surface area contributed by atoms with Crippen molar-refractivity contribution in [3.8, 4) is 0 Å². The molecule has 484 valence electrons. The van der Waals surface area contributed by atoms with Crippen LogP contribution in [-0.4, -0.2) is 47.4 Å². The normalized spacial score (nSPS) is 12.7. The first-order valence-electron chi connectivity index (χ1n) is 37.2. The number of aliphatic hydroxyl groups is 2. The molecule has 0 radical (unpaired) electrons. The van der Waals surface area contributed by atoms with Gasteiger partial charge in [-0.3, -0.25) is 9.59 Å². The molecule has 3 N–H and O–H groups in total. The molecule has 0 aliphatic heterocycles. The van der Waals surface area contributed by atoms with Gasteiger partial charge < -0.3 is 20.3 Å². The number of carbonyl (C=O) groups is 2. The fourth-order valence-electron chi connectivity index (χ4n) is 11.7. The van der Waals surface area contributed by atoms with E-state index >= 15 is 0 Å². The second kappa shape index (κ2) is 71.6. The lowest BCUT2D eigenvalue weighted by Crippen LogP contribution is -2.45. The summed E-state index contributed by atoms with van der Waals surface area (Å²) >= 11 is 0. The maximum atomic E-state index is 12.5. The van der Waals surface area contributed by atoms with Crippen LogP contribution in [0.5, 0.6) is 0 Å². The van der Waals surface area contributed by atoms with Crippen LogP contribution in [0.4, 0.5) is 0 Å². The summed E-state index contributed by atoms with van der Waals surface area (Å²) in [6, 6.07) is -0.543. The van der Waals surface area contributed by atoms with Gasteiger partial charge >= 0.3 is 5.97 Å². The lowest BCUT2D eigenvalue weighted by atomic mass is 10.0. The molecule has 0 bridgehead atoms. The Morgan fingerprint density at radius 3 is 0.939 bits per heavy atom. The van der Waals surface area contributed by atoms with Crippen LogP contribution >= 0.6 is 0 Å². The van der Waals surface area contributed by atoms with Gasteiger partial charge in [-0.15, -0.1) is 0 Å². The van der Waals surface area contributed by atoms with Crippen molar-refractivity contribution >= 4 is 11.9 Å². The van der Waals surface area contributed by atoms with Crippen LogP contribution < -0.4 is 5.32 Å². The fourth-order valence-corrected chi connectivity index (χ4v) is 11.7. The van der Waals surface area contributed by atoms with Crippen molar-refractivity contribution in [3.05, 3.63) is 36.5 Å². The van der Waals surface area contributed by atoms with E-state index in [0.717, 1.165) is 51.4 Å². The van der Waals surface area contributed by atoms with Gasteiger partial charge in [0.15, 0.2) is 0 Å². The minimum Gasteiger partial charge on any atom is -0.466 e. The Kier molecular flexibility index (Phi) is 69.9. The van der Waals surface area contributed by atoms with Crippen molar-refractivity contribution in [1.29, 1.82) is 0 Å². The summed E-state index contributed by atoms with van der Waals surface area (Å²) in [5, 5.41) is 23.4. The van der Waals surface area contributed by atoms with Crippen LogP contribution in [0.25, 0.3) is 0 Å². The summed E-state index contributed by atoms with van der Waals surface area (Å²) < 4.78 is 5.51. The summed E-state index contributed by atoms with van der Waals surface area (Å²) in [5.74, 6) is -0.0204. The van der Waals surface area contributed by atoms with Crippen LogP contribution in [0.3, 0.4) is 0 Å². The molecule has 1 amide bonds. The zero-order chi connectivity index (χ0) is 59.2. The first kappa shape index (κ1) is 80.1. The smallest absolute Gasteiger partial charge is 0.305 e. The highest BCUT2D eigenvalue weighted by Crippen LogP contribution is 2.19. The van der Waals surface area contributed by atoms with E-state index in [2.05, 4.69) is 55.6 Å². The maximum absolute atomic E-state index is 12.5. The first-order chi connectivity index (χ1) is 40.5. The number of amides is 1. The summed E-state index contributed by atoms with van der Waals surface area (Å²) in [5.41, 5.74) is 0. The summed E-state index contributed by atoms with van der Waals surface area (Å²) in [7, 11) is 0. The number of esters is 1. The van der Waals surface area contributed by atoms with Crippen LogP contribution in [0.1, 0.15) is 412 Å². The zero-order valence-corrected chi connectivity index (χ0v) is 55.5. The van der Waals surface area contributed by atoms with Gasteiger partial charge in [0, 0.05) is 12.8 Å². The summed E-state index contributed by atoms with van der Waals surface area (Å²) in [4.78, 5) is 24.6. The van der Waals surface area contributed by atoms with Crippen LogP contribution in [-0.2, 0) is 14.3 Å². The number of carbonyl (C=O) groups excluding carboxylic acids is 2. The van der Waals surface area contributed by atoms with E-state index in [1.54, 1.807) is 0 Å². The molecular weight excluding hydrogens is 1010 g/mol. The van der Waals surface area contributed by atoms with Crippen molar-refractivity contribution in [3.63, 3.8) is 0 Å². The third-order valence-electron chi connectivity index (χ3n) is 17.4. The molecule has 2 unspecified atom stereocenters. The highest BCUT2D eigenvalue weighted by molar-refractivity contribution is 5.76. The van der Waals surface area contributed by atoms with Crippen molar-refractivity contribution in [2.24, 2.45) is 0 Å². The quantitative estimate of drug-likeness (QED) is 0.0320. The standard InChI is InChI=1S/C76H145NO5/c1-3-5-7-9-11-13-15-17-19-21-33-38-42-46-50-54-58-62-66-70-76(81)82-71-67-63-59-55-51-47-43-39-35-32-30-28-26-24-22-23-25-27-29-31-34-37-41-45-49-53-57-61-65-69-75(80)77-73(72-78)74(79)68-64-60-56-52-48-44-40-36-20-18-16-14-12-10-8-6-4-2/h17,19,22,24,28,30,73-74,78-79H,3-16,18,20-21,23,25-27,29,31-72H2,1-2H3,(H,77,80)/b19-17-,24-22-,30-28-. The SMILES string of the molecule is CCCCCCCC/C=C\CCCCCCCCCCCC(=O)OCCCCCCCCCCC/C=C\C/C=C\CCCCCCCCCCCCCCCC(=O)NC(CO)C(O)CCCCCCCCCCCCCCCCCCC. The van der Waals surface area contributed by atoms with E-state index in [4.69, 9.17) is 4.74 Å². The molecule has 2 atom stereocenters. The Morgan fingerprint density at radius 2 is 0.610 bits per heavy atom. The van der Waals surface area contributed by atoms with E-state index in [0.29, 0.717) is 25.9 Å². The van der Waals surface area contributed by atoms with Crippen LogP contribution in [0.15, 0.2) is 36.5 Å². The molecular formula is C76H145NO5. The second-order valence-electron chi connectivity index (χ2n) is 25.6. The first-order valence-corrected chi connectivity index (χ1v) is 37.2. The molecule has 6 nitrogen and oxygen atoms in total. The van der Waals surface area contributed by atoms with E-state index in [1.165, 1.54) is 327 Å². The third-order valence-corrected chi connectivity index (χ3v) is 17.4. The van der Waals surface area contributed by atoms with Gasteiger partial charge in [0.25, 0.3) is 0 Å². The number of nitrogens with one attached hydrogen (secondary N) is 1. The average Bonchev–Trinajstić information content (AvgIpc) is 3.48. The maximum Gasteiger partial charge on any atom is 0.305 e. The molecule has 0 saturated carbocycles. The lowest BCUT2D eigenvalue weighted by molar-refractivity contribution is -0.143. The molecule has 82 heavy (non-hydrogen) atoms. The number of hydrogen-bond acceptors (Lipinski definition) is 5. The number of allylic oxidation sites excluding steroid dienone is 6. The Labute approximate surface area is 513 Å². The topological polar surface area (TPSA) is 95.9 Å². The number of unbranched alkanes of at least 4 members (excludes halogenated alkanes) is 53. The molecule has 0 aromatic heterocycles. The predicted octanol–water partition coefficient (Wildman–Crippen LogP) is 24.3. The predicted molar refractivity (Wildman–Crippen MR) is 361 cm³/mol.